The number of hydrogen-bond donors (Lipinski definition) is 3. The van der Waals surface area contributed by atoms with E-state index >= 15 is 0 Å². The second kappa shape index (κ2) is 4.72. The molecule has 0 saturated heterocycles. The van der Waals surface area contributed by atoms with Gasteiger partial charge in [0, 0.05) is 11.7 Å². The summed E-state index contributed by atoms with van der Waals surface area (Å²) in [6, 6.07) is 7.40. The first kappa shape index (κ1) is 9.86. The maximum Gasteiger partial charge on any atom is 0.115 e. The summed E-state index contributed by atoms with van der Waals surface area (Å²) in [5, 5.41) is 12.3. The minimum Gasteiger partial charge on any atom is -0.508 e. The van der Waals surface area contributed by atoms with Gasteiger partial charge in [0.1, 0.15) is 5.75 Å². The summed E-state index contributed by atoms with van der Waals surface area (Å²) in [6.07, 6.45) is 0.945. The van der Waals surface area contributed by atoms with Crippen LogP contribution in [0.25, 0.3) is 0 Å². The van der Waals surface area contributed by atoms with Crippen LogP contribution in [-0.2, 0) is 0 Å². The molecule has 0 heterocycles. The number of rotatable bonds is 4. The Bertz CT molecular complexity index is 246. The van der Waals surface area contributed by atoms with E-state index < -0.39 is 0 Å². The van der Waals surface area contributed by atoms with Crippen molar-refractivity contribution in [3.63, 3.8) is 0 Å². The molecule has 0 aromatic heterocycles. The number of hydrogen-bond acceptors (Lipinski definition) is 3. The van der Waals surface area contributed by atoms with E-state index in [0.29, 0.717) is 12.6 Å². The first-order chi connectivity index (χ1) is 6.22. The molecule has 1 rings (SSSR count). The van der Waals surface area contributed by atoms with E-state index in [-0.39, 0.29) is 5.75 Å². The van der Waals surface area contributed by atoms with Crippen LogP contribution in [0.3, 0.4) is 0 Å². The highest BCUT2D eigenvalue weighted by Crippen LogP contribution is 2.14. The first-order valence-electron chi connectivity index (χ1n) is 4.48. The Morgan fingerprint density at radius 3 is 2.54 bits per heavy atom. The van der Waals surface area contributed by atoms with Gasteiger partial charge in [-0.1, -0.05) is 0 Å². The van der Waals surface area contributed by atoms with Crippen molar-refractivity contribution in [2.24, 2.45) is 5.73 Å². The minimum absolute atomic E-state index is 0.289. The molecule has 1 atom stereocenters. The molecule has 1 aromatic carbocycles. The van der Waals surface area contributed by atoms with E-state index in [1.165, 1.54) is 0 Å². The minimum atomic E-state index is 0.289. The van der Waals surface area contributed by atoms with Crippen LogP contribution in [0, 0.1) is 0 Å². The summed E-state index contributed by atoms with van der Waals surface area (Å²) in [5.74, 6) is 0.289. The molecular formula is C10H16N2O. The van der Waals surface area contributed by atoms with Crippen molar-refractivity contribution < 1.29 is 5.11 Å². The molecule has 1 aromatic rings. The Kier molecular flexibility index (Phi) is 3.58. The second-order valence-electron chi connectivity index (χ2n) is 3.17. The highest BCUT2D eigenvalue weighted by atomic mass is 16.3. The zero-order chi connectivity index (χ0) is 9.68. The van der Waals surface area contributed by atoms with E-state index in [0.717, 1.165) is 12.1 Å². The normalized spacial score (nSPS) is 12.5. The van der Waals surface area contributed by atoms with Gasteiger partial charge in [-0.15, -0.1) is 0 Å². The van der Waals surface area contributed by atoms with E-state index in [1.807, 2.05) is 12.1 Å². The summed E-state index contributed by atoms with van der Waals surface area (Å²) in [4.78, 5) is 0. The fourth-order valence-electron chi connectivity index (χ4n) is 1.16. The number of benzene rings is 1. The summed E-state index contributed by atoms with van der Waals surface area (Å²) in [7, 11) is 0. The third-order valence-corrected chi connectivity index (χ3v) is 1.88. The molecule has 0 aliphatic heterocycles. The van der Waals surface area contributed by atoms with Gasteiger partial charge in [0.2, 0.25) is 0 Å². The fraction of sp³-hybridized carbons (Fsp3) is 0.400. The van der Waals surface area contributed by atoms with Gasteiger partial charge in [0.05, 0.1) is 0 Å². The van der Waals surface area contributed by atoms with Gasteiger partial charge < -0.3 is 16.2 Å². The number of phenols is 1. The summed E-state index contributed by atoms with van der Waals surface area (Å²) in [5.41, 5.74) is 6.44. The Morgan fingerprint density at radius 2 is 2.00 bits per heavy atom. The Balaban J connectivity index is 2.49. The standard InChI is InChI=1S/C10H16N2O/c1-8(6-7-11)12-9-2-4-10(13)5-3-9/h2-5,8,12-13H,6-7,11H2,1H3. The lowest BCUT2D eigenvalue weighted by atomic mass is 10.2. The summed E-state index contributed by atoms with van der Waals surface area (Å²) < 4.78 is 0. The number of aromatic hydroxyl groups is 1. The predicted molar refractivity (Wildman–Crippen MR) is 54.9 cm³/mol. The van der Waals surface area contributed by atoms with Crippen molar-refractivity contribution in [1.29, 1.82) is 0 Å². The van der Waals surface area contributed by atoms with Gasteiger partial charge >= 0.3 is 0 Å². The molecular weight excluding hydrogens is 164 g/mol. The molecule has 0 fully saturated rings. The molecule has 4 N–H and O–H groups in total. The van der Waals surface area contributed by atoms with Crippen molar-refractivity contribution in [1.82, 2.24) is 0 Å². The average Bonchev–Trinajstić information content (AvgIpc) is 2.09. The molecule has 3 nitrogen and oxygen atoms in total. The van der Waals surface area contributed by atoms with Crippen LogP contribution in [-0.4, -0.2) is 17.7 Å². The van der Waals surface area contributed by atoms with Crippen molar-refractivity contribution in [2.45, 2.75) is 19.4 Å². The van der Waals surface area contributed by atoms with Crippen molar-refractivity contribution in [3.05, 3.63) is 24.3 Å². The Hall–Kier alpha value is -1.22. The van der Waals surface area contributed by atoms with Crippen LogP contribution in [0.4, 0.5) is 5.69 Å². The van der Waals surface area contributed by atoms with Crippen LogP contribution in [0.1, 0.15) is 13.3 Å². The molecule has 72 valence electrons. The third-order valence-electron chi connectivity index (χ3n) is 1.88. The Labute approximate surface area is 78.6 Å². The predicted octanol–water partition coefficient (Wildman–Crippen LogP) is 1.54. The number of anilines is 1. The van der Waals surface area contributed by atoms with E-state index in [1.54, 1.807) is 12.1 Å². The zero-order valence-corrected chi connectivity index (χ0v) is 7.83. The molecule has 3 heteroatoms. The average molecular weight is 180 g/mol. The van der Waals surface area contributed by atoms with E-state index in [9.17, 15) is 0 Å². The molecule has 13 heavy (non-hydrogen) atoms. The second-order valence-corrected chi connectivity index (χ2v) is 3.17. The molecule has 0 amide bonds. The van der Waals surface area contributed by atoms with Gasteiger partial charge in [-0.25, -0.2) is 0 Å². The highest BCUT2D eigenvalue weighted by Gasteiger charge is 1.99. The van der Waals surface area contributed by atoms with Gasteiger partial charge in [0.15, 0.2) is 0 Å². The lowest BCUT2D eigenvalue weighted by molar-refractivity contribution is 0.475. The lowest BCUT2D eigenvalue weighted by Crippen LogP contribution is -2.19. The maximum absolute atomic E-state index is 9.05. The molecule has 0 bridgehead atoms. The topological polar surface area (TPSA) is 58.3 Å². The molecule has 0 aliphatic rings. The fourth-order valence-corrected chi connectivity index (χ4v) is 1.16. The van der Waals surface area contributed by atoms with Crippen molar-refractivity contribution >= 4 is 5.69 Å². The zero-order valence-electron chi connectivity index (χ0n) is 7.83. The number of phenolic OH excluding ortho intramolecular Hbond substituents is 1. The summed E-state index contributed by atoms with van der Waals surface area (Å²) in [6.45, 7) is 2.77. The number of nitrogens with one attached hydrogen (secondary N) is 1. The smallest absolute Gasteiger partial charge is 0.115 e. The highest BCUT2D eigenvalue weighted by molar-refractivity contribution is 5.46. The quantitative estimate of drug-likeness (QED) is 0.616. The Morgan fingerprint density at radius 1 is 1.38 bits per heavy atom. The SMILES string of the molecule is CC(CCN)Nc1ccc(O)cc1. The number of nitrogens with two attached hydrogens (primary N) is 1. The lowest BCUT2D eigenvalue weighted by Gasteiger charge is -2.13. The molecule has 0 saturated carbocycles. The van der Waals surface area contributed by atoms with Gasteiger partial charge in [-0.2, -0.15) is 0 Å². The van der Waals surface area contributed by atoms with Crippen LogP contribution in [0.5, 0.6) is 5.75 Å². The third kappa shape index (κ3) is 3.34. The van der Waals surface area contributed by atoms with Crippen LogP contribution >= 0.6 is 0 Å². The van der Waals surface area contributed by atoms with Crippen LogP contribution < -0.4 is 11.1 Å². The largest absolute Gasteiger partial charge is 0.508 e. The summed E-state index contributed by atoms with van der Waals surface area (Å²) >= 11 is 0. The van der Waals surface area contributed by atoms with Crippen molar-refractivity contribution in [3.8, 4) is 5.75 Å². The van der Waals surface area contributed by atoms with Crippen LogP contribution in [0.2, 0.25) is 0 Å². The van der Waals surface area contributed by atoms with Crippen molar-refractivity contribution in [2.75, 3.05) is 11.9 Å². The monoisotopic (exact) mass is 180 g/mol. The van der Waals surface area contributed by atoms with Gasteiger partial charge in [-0.05, 0) is 44.2 Å². The molecule has 0 radical (unpaired) electrons. The maximum atomic E-state index is 9.05. The molecule has 0 spiro atoms. The molecule has 1 unspecified atom stereocenters. The van der Waals surface area contributed by atoms with Crippen LogP contribution in [0.15, 0.2) is 24.3 Å². The van der Waals surface area contributed by atoms with E-state index in [4.69, 9.17) is 10.8 Å². The first-order valence-corrected chi connectivity index (χ1v) is 4.48. The van der Waals surface area contributed by atoms with Gasteiger partial charge in [-0.3, -0.25) is 0 Å². The van der Waals surface area contributed by atoms with Gasteiger partial charge in [0.25, 0.3) is 0 Å². The molecule has 0 aliphatic carbocycles. The van der Waals surface area contributed by atoms with E-state index in [2.05, 4.69) is 12.2 Å².